The summed E-state index contributed by atoms with van der Waals surface area (Å²) in [5, 5.41) is 4.86. The lowest BCUT2D eigenvalue weighted by atomic mass is 9.94. The van der Waals surface area contributed by atoms with Crippen molar-refractivity contribution in [3.8, 4) is 0 Å². The second kappa shape index (κ2) is 6.48. The molecule has 0 saturated heterocycles. The van der Waals surface area contributed by atoms with Crippen molar-refractivity contribution >= 4 is 39.1 Å². The van der Waals surface area contributed by atoms with Crippen LogP contribution in [-0.2, 0) is 12.1 Å². The molecule has 20 heavy (non-hydrogen) atoms. The van der Waals surface area contributed by atoms with E-state index in [1.807, 2.05) is 12.1 Å². The van der Waals surface area contributed by atoms with Crippen molar-refractivity contribution in [3.63, 3.8) is 0 Å². The fraction of sp³-hybridized carbons (Fsp3) is 0.250. The molecule has 1 nitrogen and oxygen atoms in total. The van der Waals surface area contributed by atoms with Crippen molar-refractivity contribution in [1.29, 1.82) is 0 Å². The Labute approximate surface area is 138 Å². The molecule has 0 fully saturated rings. The molecule has 0 aliphatic carbocycles. The molecule has 0 amide bonds. The van der Waals surface area contributed by atoms with Gasteiger partial charge in [0, 0.05) is 26.6 Å². The summed E-state index contributed by atoms with van der Waals surface area (Å²) in [6.45, 7) is 5.02. The summed E-state index contributed by atoms with van der Waals surface area (Å²) in [6.07, 6.45) is 0. The van der Waals surface area contributed by atoms with Gasteiger partial charge in [0.1, 0.15) is 0 Å². The molecule has 2 aromatic rings. The van der Waals surface area contributed by atoms with E-state index in [1.54, 1.807) is 6.07 Å². The Morgan fingerprint density at radius 2 is 1.55 bits per heavy atom. The molecule has 0 atom stereocenters. The third kappa shape index (κ3) is 4.23. The number of halogens is 3. The minimum atomic E-state index is -0.129. The smallest absolute Gasteiger partial charge is 0.0424 e. The van der Waals surface area contributed by atoms with Gasteiger partial charge in [-0.05, 0) is 55.3 Å². The van der Waals surface area contributed by atoms with Crippen molar-refractivity contribution in [2.75, 3.05) is 0 Å². The largest absolute Gasteiger partial charge is 0.304 e. The summed E-state index contributed by atoms with van der Waals surface area (Å²) < 4.78 is 1.08. The van der Waals surface area contributed by atoms with Crippen LogP contribution in [0.4, 0.5) is 0 Å². The molecule has 2 rings (SSSR count). The van der Waals surface area contributed by atoms with Crippen molar-refractivity contribution in [2.24, 2.45) is 0 Å². The summed E-state index contributed by atoms with van der Waals surface area (Å²) >= 11 is 15.5. The standard InChI is InChI=1S/C16H16BrCl2N/c1-16(2,12-3-5-13(17)6-4-12)20-10-11-7-14(18)9-15(19)8-11/h3-9,20H,10H2,1-2H3. The molecule has 0 aliphatic rings. The molecule has 0 radical (unpaired) electrons. The molecule has 4 heteroatoms. The van der Waals surface area contributed by atoms with Crippen LogP contribution in [-0.4, -0.2) is 0 Å². The molecule has 0 aromatic heterocycles. The second-order valence-corrected chi connectivity index (χ2v) is 7.05. The Morgan fingerprint density at radius 1 is 1.00 bits per heavy atom. The minimum absolute atomic E-state index is 0.129. The third-order valence-corrected chi connectivity index (χ3v) is 4.19. The predicted molar refractivity (Wildman–Crippen MR) is 90.5 cm³/mol. The zero-order chi connectivity index (χ0) is 14.8. The lowest BCUT2D eigenvalue weighted by Gasteiger charge is -2.27. The Balaban J connectivity index is 2.10. The zero-order valence-electron chi connectivity index (χ0n) is 11.4. The number of nitrogens with one attached hydrogen (secondary N) is 1. The highest BCUT2D eigenvalue weighted by atomic mass is 79.9. The van der Waals surface area contributed by atoms with E-state index >= 15 is 0 Å². The summed E-state index contributed by atoms with van der Waals surface area (Å²) in [5.41, 5.74) is 2.18. The van der Waals surface area contributed by atoms with Gasteiger partial charge >= 0.3 is 0 Å². The quantitative estimate of drug-likeness (QED) is 0.717. The number of hydrogen-bond acceptors (Lipinski definition) is 1. The first kappa shape index (κ1) is 15.8. The van der Waals surface area contributed by atoms with Gasteiger partial charge in [0.15, 0.2) is 0 Å². The highest BCUT2D eigenvalue weighted by Gasteiger charge is 2.19. The van der Waals surface area contributed by atoms with Crippen molar-refractivity contribution in [1.82, 2.24) is 5.32 Å². The molecule has 106 valence electrons. The van der Waals surface area contributed by atoms with E-state index in [1.165, 1.54) is 5.56 Å². The lowest BCUT2D eigenvalue weighted by Crippen LogP contribution is -2.35. The molecular formula is C16H16BrCl2N. The molecule has 0 unspecified atom stereocenters. The zero-order valence-corrected chi connectivity index (χ0v) is 14.5. The first-order valence-corrected chi connectivity index (χ1v) is 7.88. The van der Waals surface area contributed by atoms with Crippen LogP contribution < -0.4 is 5.32 Å². The Morgan fingerprint density at radius 3 is 2.10 bits per heavy atom. The molecule has 1 N–H and O–H groups in total. The minimum Gasteiger partial charge on any atom is -0.304 e. The lowest BCUT2D eigenvalue weighted by molar-refractivity contribution is 0.401. The van der Waals surface area contributed by atoms with Crippen LogP contribution in [0.15, 0.2) is 46.9 Å². The highest BCUT2D eigenvalue weighted by molar-refractivity contribution is 9.10. The van der Waals surface area contributed by atoms with Gasteiger partial charge < -0.3 is 5.32 Å². The van der Waals surface area contributed by atoms with Crippen molar-refractivity contribution in [2.45, 2.75) is 25.9 Å². The fourth-order valence-corrected chi connectivity index (χ4v) is 2.84. The van der Waals surface area contributed by atoms with Crippen LogP contribution in [0.25, 0.3) is 0 Å². The van der Waals surface area contributed by atoms with Crippen LogP contribution in [0.1, 0.15) is 25.0 Å². The molecule has 0 heterocycles. The van der Waals surface area contributed by atoms with Gasteiger partial charge in [0.05, 0.1) is 0 Å². The van der Waals surface area contributed by atoms with Crippen molar-refractivity contribution < 1.29 is 0 Å². The van der Waals surface area contributed by atoms with Crippen molar-refractivity contribution in [3.05, 3.63) is 68.1 Å². The average Bonchev–Trinajstić information content (AvgIpc) is 2.36. The first-order chi connectivity index (χ1) is 9.37. The molecule has 0 spiro atoms. The summed E-state index contributed by atoms with van der Waals surface area (Å²) in [4.78, 5) is 0. The number of benzene rings is 2. The average molecular weight is 373 g/mol. The summed E-state index contributed by atoms with van der Waals surface area (Å²) in [7, 11) is 0. The maximum atomic E-state index is 6.02. The first-order valence-electron chi connectivity index (χ1n) is 6.33. The Hall–Kier alpha value is -0.540. The van der Waals surface area contributed by atoms with Gasteiger partial charge in [-0.25, -0.2) is 0 Å². The molecule has 0 saturated carbocycles. The maximum absolute atomic E-state index is 6.02. The van der Waals surface area contributed by atoms with Gasteiger partial charge in [-0.3, -0.25) is 0 Å². The van der Waals surface area contributed by atoms with E-state index in [2.05, 4.69) is 59.4 Å². The number of rotatable bonds is 4. The van der Waals surface area contributed by atoms with Crippen LogP contribution >= 0.6 is 39.1 Å². The van der Waals surface area contributed by atoms with Gasteiger partial charge in [-0.2, -0.15) is 0 Å². The summed E-state index contributed by atoms with van der Waals surface area (Å²) in [5.74, 6) is 0. The second-order valence-electron chi connectivity index (χ2n) is 5.26. The van der Waals surface area contributed by atoms with Crippen LogP contribution in [0.5, 0.6) is 0 Å². The fourth-order valence-electron chi connectivity index (χ4n) is 2.00. The van der Waals surface area contributed by atoms with E-state index in [0.29, 0.717) is 16.6 Å². The van der Waals surface area contributed by atoms with Gasteiger partial charge in [-0.15, -0.1) is 0 Å². The highest BCUT2D eigenvalue weighted by Crippen LogP contribution is 2.24. The van der Waals surface area contributed by atoms with E-state index < -0.39 is 0 Å². The molecular weight excluding hydrogens is 357 g/mol. The normalized spacial score (nSPS) is 11.7. The molecule has 2 aromatic carbocycles. The van der Waals surface area contributed by atoms with Gasteiger partial charge in [0.25, 0.3) is 0 Å². The van der Waals surface area contributed by atoms with E-state index in [9.17, 15) is 0 Å². The topological polar surface area (TPSA) is 12.0 Å². The van der Waals surface area contributed by atoms with Crippen LogP contribution in [0, 0.1) is 0 Å². The Bertz CT molecular complexity index is 574. The Kier molecular flexibility index (Phi) is 5.14. The maximum Gasteiger partial charge on any atom is 0.0424 e. The monoisotopic (exact) mass is 371 g/mol. The van der Waals surface area contributed by atoms with Crippen LogP contribution in [0.2, 0.25) is 10.0 Å². The van der Waals surface area contributed by atoms with E-state index in [-0.39, 0.29) is 5.54 Å². The van der Waals surface area contributed by atoms with Gasteiger partial charge in [-0.1, -0.05) is 51.3 Å². The van der Waals surface area contributed by atoms with Gasteiger partial charge in [0.2, 0.25) is 0 Å². The molecule has 0 aliphatic heterocycles. The van der Waals surface area contributed by atoms with E-state index in [0.717, 1.165) is 10.0 Å². The predicted octanol–water partition coefficient (Wildman–Crippen LogP) is 5.78. The van der Waals surface area contributed by atoms with E-state index in [4.69, 9.17) is 23.2 Å². The SMILES string of the molecule is CC(C)(NCc1cc(Cl)cc(Cl)c1)c1ccc(Br)cc1. The summed E-state index contributed by atoms with van der Waals surface area (Å²) in [6, 6.07) is 13.9. The van der Waals surface area contributed by atoms with Crippen LogP contribution in [0.3, 0.4) is 0 Å². The number of hydrogen-bond donors (Lipinski definition) is 1. The molecule has 0 bridgehead atoms. The third-order valence-electron chi connectivity index (χ3n) is 3.22.